The molecule has 96 valence electrons. The van der Waals surface area contributed by atoms with Crippen LogP contribution in [0.25, 0.3) is 0 Å². The van der Waals surface area contributed by atoms with Crippen LogP contribution in [0.1, 0.15) is 5.56 Å². The van der Waals surface area contributed by atoms with Gasteiger partial charge in [0.25, 0.3) is 0 Å². The monoisotopic (exact) mass is 273 g/mol. The maximum absolute atomic E-state index is 11.9. The minimum Gasteiger partial charge on any atom is -0.406 e. The lowest BCUT2D eigenvalue weighted by molar-refractivity contribution is -0.274. The van der Waals surface area contributed by atoms with Crippen LogP contribution in [0.5, 0.6) is 5.75 Å². The van der Waals surface area contributed by atoms with E-state index < -0.39 is 6.36 Å². The van der Waals surface area contributed by atoms with Gasteiger partial charge in [0.05, 0.1) is 0 Å². The molecule has 1 aromatic heterocycles. The topological polar surface area (TPSA) is 21.3 Å². The number of anilines is 1. The van der Waals surface area contributed by atoms with E-state index in [4.69, 9.17) is 0 Å². The van der Waals surface area contributed by atoms with Crippen molar-refractivity contribution in [3.63, 3.8) is 0 Å². The lowest BCUT2D eigenvalue weighted by Crippen LogP contribution is -2.17. The van der Waals surface area contributed by atoms with Gasteiger partial charge in [-0.3, -0.25) is 0 Å². The fourth-order valence-corrected chi connectivity index (χ4v) is 2.04. The van der Waals surface area contributed by atoms with Gasteiger partial charge in [0.2, 0.25) is 0 Å². The summed E-state index contributed by atoms with van der Waals surface area (Å²) in [6.45, 7) is 0.642. The Morgan fingerprint density at radius 1 is 1.11 bits per heavy atom. The number of alkyl halides is 3. The Morgan fingerprint density at radius 2 is 1.83 bits per heavy atom. The van der Waals surface area contributed by atoms with Gasteiger partial charge in [-0.25, -0.2) is 0 Å². The summed E-state index contributed by atoms with van der Waals surface area (Å²) in [5.41, 5.74) is 1.88. The van der Waals surface area contributed by atoms with E-state index in [0.717, 1.165) is 11.3 Å². The molecule has 0 radical (unpaired) electrons. The molecule has 2 nitrogen and oxygen atoms in total. The fourth-order valence-electron chi connectivity index (χ4n) is 1.37. The Balaban J connectivity index is 1.91. The first kappa shape index (κ1) is 12.8. The summed E-state index contributed by atoms with van der Waals surface area (Å²) < 4.78 is 39.6. The van der Waals surface area contributed by atoms with Gasteiger partial charge in [0.1, 0.15) is 5.75 Å². The smallest absolute Gasteiger partial charge is 0.406 e. The summed E-state index contributed by atoms with van der Waals surface area (Å²) >= 11 is 1.60. The Kier molecular flexibility index (Phi) is 3.76. The molecule has 0 aliphatic rings. The van der Waals surface area contributed by atoms with E-state index in [2.05, 4.69) is 10.1 Å². The highest BCUT2D eigenvalue weighted by molar-refractivity contribution is 7.07. The summed E-state index contributed by atoms with van der Waals surface area (Å²) in [6, 6.07) is 7.65. The third kappa shape index (κ3) is 3.96. The third-order valence-corrected chi connectivity index (χ3v) is 2.90. The molecule has 0 bridgehead atoms. The molecule has 1 aromatic carbocycles. The molecule has 0 amide bonds. The van der Waals surface area contributed by atoms with Gasteiger partial charge in [-0.1, -0.05) is 0 Å². The van der Waals surface area contributed by atoms with Crippen molar-refractivity contribution in [1.29, 1.82) is 0 Å². The summed E-state index contributed by atoms with van der Waals surface area (Å²) in [7, 11) is 0. The van der Waals surface area contributed by atoms with Crippen LogP contribution < -0.4 is 10.1 Å². The van der Waals surface area contributed by atoms with Crippen molar-refractivity contribution in [3.8, 4) is 5.75 Å². The zero-order chi connectivity index (χ0) is 13.0. The SMILES string of the molecule is FC(F)(F)Oc1ccc(NCc2ccsc2)cc1. The number of rotatable bonds is 4. The van der Waals surface area contributed by atoms with Gasteiger partial charge in [-0.05, 0) is 46.7 Å². The number of ether oxygens (including phenoxy) is 1. The quantitative estimate of drug-likeness (QED) is 0.898. The first-order chi connectivity index (χ1) is 8.53. The van der Waals surface area contributed by atoms with E-state index in [-0.39, 0.29) is 5.75 Å². The van der Waals surface area contributed by atoms with Gasteiger partial charge in [-0.2, -0.15) is 11.3 Å². The van der Waals surface area contributed by atoms with Crippen molar-refractivity contribution in [2.45, 2.75) is 12.9 Å². The molecule has 2 aromatic rings. The molecule has 0 atom stereocenters. The van der Waals surface area contributed by atoms with Crippen LogP contribution >= 0.6 is 11.3 Å². The number of thiophene rings is 1. The number of halogens is 3. The minimum absolute atomic E-state index is 0.219. The average Bonchev–Trinajstić information content (AvgIpc) is 2.79. The van der Waals surface area contributed by atoms with Crippen molar-refractivity contribution in [2.75, 3.05) is 5.32 Å². The van der Waals surface area contributed by atoms with Crippen LogP contribution in [0.3, 0.4) is 0 Å². The van der Waals surface area contributed by atoms with E-state index in [1.807, 2.05) is 16.8 Å². The molecule has 1 N–H and O–H groups in total. The van der Waals surface area contributed by atoms with Crippen molar-refractivity contribution >= 4 is 17.0 Å². The van der Waals surface area contributed by atoms with Gasteiger partial charge in [-0.15, -0.1) is 13.2 Å². The van der Waals surface area contributed by atoms with Crippen LogP contribution in [0.2, 0.25) is 0 Å². The molecule has 2 rings (SSSR count). The molecule has 0 spiro atoms. The Hall–Kier alpha value is -1.69. The van der Waals surface area contributed by atoms with Crippen LogP contribution in [-0.4, -0.2) is 6.36 Å². The number of hydrogen-bond donors (Lipinski definition) is 1. The molecule has 0 unspecified atom stereocenters. The maximum Gasteiger partial charge on any atom is 0.573 e. The highest BCUT2D eigenvalue weighted by Crippen LogP contribution is 2.24. The van der Waals surface area contributed by atoms with E-state index >= 15 is 0 Å². The highest BCUT2D eigenvalue weighted by atomic mass is 32.1. The molecule has 0 aliphatic carbocycles. The largest absolute Gasteiger partial charge is 0.573 e. The van der Waals surface area contributed by atoms with Gasteiger partial charge >= 0.3 is 6.36 Å². The molecule has 18 heavy (non-hydrogen) atoms. The normalized spacial score (nSPS) is 11.3. The molecular formula is C12H10F3NOS. The third-order valence-electron chi connectivity index (χ3n) is 2.16. The minimum atomic E-state index is -4.65. The summed E-state index contributed by atoms with van der Waals surface area (Å²) in [4.78, 5) is 0. The molecule has 0 fully saturated rings. The molecule has 0 saturated heterocycles. The second kappa shape index (κ2) is 5.30. The average molecular weight is 273 g/mol. The van der Waals surface area contributed by atoms with E-state index in [1.54, 1.807) is 23.5 Å². The van der Waals surface area contributed by atoms with Crippen molar-refractivity contribution in [1.82, 2.24) is 0 Å². The Bertz CT molecular complexity index is 479. The molecule has 1 heterocycles. The Morgan fingerprint density at radius 3 is 2.39 bits per heavy atom. The highest BCUT2D eigenvalue weighted by Gasteiger charge is 2.30. The summed E-state index contributed by atoms with van der Waals surface area (Å²) in [5, 5.41) is 7.08. The molecular weight excluding hydrogens is 263 g/mol. The molecule has 0 saturated carbocycles. The molecule has 6 heteroatoms. The van der Waals surface area contributed by atoms with E-state index in [9.17, 15) is 13.2 Å². The van der Waals surface area contributed by atoms with Gasteiger partial charge < -0.3 is 10.1 Å². The predicted octanol–water partition coefficient (Wildman–Crippen LogP) is 4.26. The van der Waals surface area contributed by atoms with Gasteiger partial charge in [0.15, 0.2) is 0 Å². The van der Waals surface area contributed by atoms with Crippen molar-refractivity contribution < 1.29 is 17.9 Å². The molecule has 0 aliphatic heterocycles. The standard InChI is InChI=1S/C12H10F3NOS/c13-12(14,15)17-11-3-1-10(2-4-11)16-7-9-5-6-18-8-9/h1-6,8,16H,7H2. The second-order valence-electron chi connectivity index (χ2n) is 3.56. The van der Waals surface area contributed by atoms with E-state index in [1.165, 1.54) is 12.1 Å². The lowest BCUT2D eigenvalue weighted by atomic mass is 10.3. The maximum atomic E-state index is 11.9. The summed E-state index contributed by atoms with van der Waals surface area (Å²) in [6.07, 6.45) is -4.65. The zero-order valence-electron chi connectivity index (χ0n) is 9.20. The number of nitrogens with one attached hydrogen (secondary N) is 1. The Labute approximate surface area is 106 Å². The predicted molar refractivity (Wildman–Crippen MR) is 64.8 cm³/mol. The second-order valence-corrected chi connectivity index (χ2v) is 4.34. The van der Waals surface area contributed by atoms with Crippen LogP contribution in [0.15, 0.2) is 41.1 Å². The van der Waals surface area contributed by atoms with Crippen molar-refractivity contribution in [2.24, 2.45) is 0 Å². The number of benzene rings is 1. The first-order valence-corrected chi connectivity index (χ1v) is 6.08. The summed E-state index contributed by atoms with van der Waals surface area (Å²) in [5.74, 6) is -0.219. The first-order valence-electron chi connectivity index (χ1n) is 5.14. The van der Waals surface area contributed by atoms with Crippen LogP contribution in [0.4, 0.5) is 18.9 Å². The lowest BCUT2D eigenvalue weighted by Gasteiger charge is -2.10. The van der Waals surface area contributed by atoms with Crippen molar-refractivity contribution in [3.05, 3.63) is 46.7 Å². The van der Waals surface area contributed by atoms with Gasteiger partial charge in [0, 0.05) is 12.2 Å². The number of hydrogen-bond acceptors (Lipinski definition) is 3. The fraction of sp³-hybridized carbons (Fsp3) is 0.167. The van der Waals surface area contributed by atoms with Crippen LogP contribution in [0, 0.1) is 0 Å². The van der Waals surface area contributed by atoms with Crippen LogP contribution in [-0.2, 0) is 6.54 Å². The zero-order valence-corrected chi connectivity index (χ0v) is 10.0. The van der Waals surface area contributed by atoms with E-state index in [0.29, 0.717) is 6.54 Å².